The number of carbonyl (C=O) groups excluding carboxylic acids is 1. The zero-order chi connectivity index (χ0) is 12.8. The maximum absolute atomic E-state index is 11.8. The van der Waals surface area contributed by atoms with Crippen molar-refractivity contribution in [1.29, 1.82) is 0 Å². The van der Waals surface area contributed by atoms with E-state index < -0.39 is 0 Å². The van der Waals surface area contributed by atoms with Crippen molar-refractivity contribution in [3.63, 3.8) is 0 Å². The monoisotopic (exact) mass is 253 g/mol. The van der Waals surface area contributed by atoms with Gasteiger partial charge >= 0.3 is 0 Å². The summed E-state index contributed by atoms with van der Waals surface area (Å²) in [5, 5.41) is 0. The van der Waals surface area contributed by atoms with Crippen LogP contribution in [0.3, 0.4) is 0 Å². The second kappa shape index (κ2) is 7.10. The Morgan fingerprint density at radius 1 is 1.00 bits per heavy atom. The van der Waals surface area contributed by atoms with Crippen LogP contribution in [0, 0.1) is 0 Å². The second-order valence-electron chi connectivity index (χ2n) is 5.60. The van der Waals surface area contributed by atoms with Crippen LogP contribution in [0.2, 0.25) is 0 Å². The highest BCUT2D eigenvalue weighted by atomic mass is 16.2. The summed E-state index contributed by atoms with van der Waals surface area (Å²) in [5.74, 6) is 0.234. The molecule has 104 valence electrons. The average molecular weight is 253 g/mol. The maximum atomic E-state index is 11.8. The summed E-state index contributed by atoms with van der Waals surface area (Å²) in [6, 6.07) is 0.777. The molecule has 0 bridgehead atoms. The topological polar surface area (TPSA) is 49.6 Å². The van der Waals surface area contributed by atoms with Crippen molar-refractivity contribution >= 4 is 5.91 Å². The Morgan fingerprint density at radius 2 is 1.61 bits per heavy atom. The summed E-state index contributed by atoms with van der Waals surface area (Å²) in [6.45, 7) is 4.38. The van der Waals surface area contributed by atoms with Crippen LogP contribution in [0.25, 0.3) is 0 Å². The Morgan fingerprint density at radius 3 is 2.17 bits per heavy atom. The molecule has 2 aliphatic rings. The highest BCUT2D eigenvalue weighted by Crippen LogP contribution is 2.22. The van der Waals surface area contributed by atoms with Crippen LogP contribution in [-0.2, 0) is 4.79 Å². The molecule has 2 rings (SSSR count). The summed E-state index contributed by atoms with van der Waals surface area (Å²) in [7, 11) is 0. The molecule has 0 radical (unpaired) electrons. The third-order valence-corrected chi connectivity index (χ3v) is 4.37. The van der Waals surface area contributed by atoms with Crippen molar-refractivity contribution < 1.29 is 4.79 Å². The molecule has 0 spiro atoms. The van der Waals surface area contributed by atoms with E-state index in [-0.39, 0.29) is 5.91 Å². The van der Waals surface area contributed by atoms with E-state index in [2.05, 4.69) is 4.90 Å². The first-order valence-electron chi connectivity index (χ1n) is 7.53. The molecule has 1 aliphatic carbocycles. The van der Waals surface area contributed by atoms with Crippen molar-refractivity contribution in [2.75, 3.05) is 32.7 Å². The van der Waals surface area contributed by atoms with Gasteiger partial charge in [0.05, 0.1) is 0 Å². The molecule has 1 saturated carbocycles. The van der Waals surface area contributed by atoms with Gasteiger partial charge in [-0.15, -0.1) is 0 Å². The molecule has 4 heteroatoms. The molecule has 1 saturated heterocycles. The minimum absolute atomic E-state index is 0.234. The van der Waals surface area contributed by atoms with E-state index in [1.54, 1.807) is 0 Å². The van der Waals surface area contributed by atoms with Crippen molar-refractivity contribution in [3.8, 4) is 0 Å². The van der Waals surface area contributed by atoms with Gasteiger partial charge in [-0.3, -0.25) is 9.69 Å². The van der Waals surface area contributed by atoms with E-state index in [1.807, 2.05) is 4.90 Å². The molecule has 1 aliphatic heterocycles. The van der Waals surface area contributed by atoms with Crippen molar-refractivity contribution in [3.05, 3.63) is 0 Å². The van der Waals surface area contributed by atoms with E-state index in [0.717, 1.165) is 32.2 Å². The standard InChI is InChI=1S/C14H27N3O/c15-8-7-14(18)17-11-9-16(10-12-17)13-5-3-1-2-4-6-13/h13H,1-12,15H2. The van der Waals surface area contributed by atoms with Crippen LogP contribution in [0.4, 0.5) is 0 Å². The Bertz CT molecular complexity index is 254. The van der Waals surface area contributed by atoms with Crippen LogP contribution in [0.1, 0.15) is 44.9 Å². The molecule has 1 amide bonds. The van der Waals surface area contributed by atoms with E-state index >= 15 is 0 Å². The predicted octanol–water partition coefficient (Wildman–Crippen LogP) is 1.20. The molecule has 2 fully saturated rings. The lowest BCUT2D eigenvalue weighted by Crippen LogP contribution is -2.52. The second-order valence-corrected chi connectivity index (χ2v) is 5.60. The van der Waals surface area contributed by atoms with Crippen molar-refractivity contribution in [2.24, 2.45) is 5.73 Å². The quantitative estimate of drug-likeness (QED) is 0.769. The van der Waals surface area contributed by atoms with E-state index in [0.29, 0.717) is 13.0 Å². The summed E-state index contributed by atoms with van der Waals surface area (Å²) in [5.41, 5.74) is 5.44. The van der Waals surface area contributed by atoms with Gasteiger partial charge in [-0.05, 0) is 12.8 Å². The molecular weight excluding hydrogens is 226 g/mol. The van der Waals surface area contributed by atoms with Crippen LogP contribution in [0.15, 0.2) is 0 Å². The number of nitrogens with two attached hydrogens (primary N) is 1. The molecule has 0 aromatic carbocycles. The summed E-state index contributed by atoms with van der Waals surface area (Å²) in [6.07, 6.45) is 8.81. The van der Waals surface area contributed by atoms with E-state index in [4.69, 9.17) is 5.73 Å². The highest BCUT2D eigenvalue weighted by molar-refractivity contribution is 5.76. The Kier molecular flexibility index (Phi) is 5.45. The van der Waals surface area contributed by atoms with Gasteiger partial charge in [0.15, 0.2) is 0 Å². The highest BCUT2D eigenvalue weighted by Gasteiger charge is 2.25. The number of hydrogen-bond donors (Lipinski definition) is 1. The lowest BCUT2D eigenvalue weighted by molar-refractivity contribution is -0.133. The van der Waals surface area contributed by atoms with Gasteiger partial charge in [0.25, 0.3) is 0 Å². The molecule has 4 nitrogen and oxygen atoms in total. The largest absolute Gasteiger partial charge is 0.340 e. The first-order chi connectivity index (χ1) is 8.81. The molecule has 1 heterocycles. The van der Waals surface area contributed by atoms with Gasteiger partial charge in [-0.25, -0.2) is 0 Å². The fraction of sp³-hybridized carbons (Fsp3) is 0.929. The molecule has 0 unspecified atom stereocenters. The molecule has 0 aromatic rings. The Hall–Kier alpha value is -0.610. The van der Waals surface area contributed by atoms with Gasteiger partial charge in [0.2, 0.25) is 5.91 Å². The van der Waals surface area contributed by atoms with Crippen molar-refractivity contribution in [2.45, 2.75) is 51.0 Å². The first kappa shape index (κ1) is 13.8. The summed E-state index contributed by atoms with van der Waals surface area (Å²) in [4.78, 5) is 16.4. The normalized spacial score (nSPS) is 23.9. The zero-order valence-corrected chi connectivity index (χ0v) is 11.4. The smallest absolute Gasteiger partial charge is 0.223 e. The fourth-order valence-corrected chi connectivity index (χ4v) is 3.24. The minimum Gasteiger partial charge on any atom is -0.340 e. The number of hydrogen-bond acceptors (Lipinski definition) is 3. The third kappa shape index (κ3) is 3.69. The van der Waals surface area contributed by atoms with Gasteiger partial charge < -0.3 is 10.6 Å². The average Bonchev–Trinajstić information content (AvgIpc) is 2.68. The van der Waals surface area contributed by atoms with Gasteiger partial charge in [-0.2, -0.15) is 0 Å². The van der Waals surface area contributed by atoms with Crippen LogP contribution in [-0.4, -0.2) is 54.5 Å². The number of nitrogens with zero attached hydrogens (tertiary/aromatic N) is 2. The van der Waals surface area contributed by atoms with E-state index in [1.165, 1.54) is 38.5 Å². The molecule has 18 heavy (non-hydrogen) atoms. The summed E-state index contributed by atoms with van der Waals surface area (Å²) < 4.78 is 0. The predicted molar refractivity (Wildman–Crippen MR) is 73.3 cm³/mol. The molecule has 0 aromatic heterocycles. The minimum atomic E-state index is 0.234. The molecule has 2 N–H and O–H groups in total. The lowest BCUT2D eigenvalue weighted by Gasteiger charge is -2.39. The Balaban J connectivity index is 1.76. The zero-order valence-electron chi connectivity index (χ0n) is 11.4. The fourth-order valence-electron chi connectivity index (χ4n) is 3.24. The number of piperazine rings is 1. The summed E-state index contributed by atoms with van der Waals surface area (Å²) >= 11 is 0. The lowest BCUT2D eigenvalue weighted by atomic mass is 10.1. The number of carbonyl (C=O) groups is 1. The number of rotatable bonds is 3. The number of amides is 1. The third-order valence-electron chi connectivity index (χ3n) is 4.37. The van der Waals surface area contributed by atoms with Crippen LogP contribution < -0.4 is 5.73 Å². The first-order valence-corrected chi connectivity index (χ1v) is 7.53. The van der Waals surface area contributed by atoms with Crippen LogP contribution in [0.5, 0.6) is 0 Å². The Labute approximate surface area is 110 Å². The van der Waals surface area contributed by atoms with Gasteiger partial charge in [0, 0.05) is 45.2 Å². The van der Waals surface area contributed by atoms with Crippen LogP contribution >= 0.6 is 0 Å². The van der Waals surface area contributed by atoms with Gasteiger partial charge in [0.1, 0.15) is 0 Å². The maximum Gasteiger partial charge on any atom is 0.223 e. The molecular formula is C14H27N3O. The van der Waals surface area contributed by atoms with E-state index in [9.17, 15) is 4.79 Å². The molecule has 0 atom stereocenters. The van der Waals surface area contributed by atoms with Crippen molar-refractivity contribution in [1.82, 2.24) is 9.80 Å². The van der Waals surface area contributed by atoms with Gasteiger partial charge in [-0.1, -0.05) is 25.7 Å². The SMILES string of the molecule is NCCC(=O)N1CCN(C2CCCCCC2)CC1.